The maximum Gasteiger partial charge on any atom is 0.416 e. The van der Waals surface area contributed by atoms with Gasteiger partial charge in [0.05, 0.1) is 23.2 Å². The van der Waals surface area contributed by atoms with E-state index in [1.807, 2.05) is 4.90 Å². The summed E-state index contributed by atoms with van der Waals surface area (Å²) in [7, 11) is 0. The van der Waals surface area contributed by atoms with Gasteiger partial charge in [-0.1, -0.05) is 23.4 Å². The van der Waals surface area contributed by atoms with E-state index in [9.17, 15) is 22.8 Å². The molecule has 190 valence electrons. The number of anilines is 1. The van der Waals surface area contributed by atoms with Crippen LogP contribution in [0.1, 0.15) is 32.6 Å². The van der Waals surface area contributed by atoms with Gasteiger partial charge in [0.15, 0.2) is 0 Å². The summed E-state index contributed by atoms with van der Waals surface area (Å²) in [6.07, 6.45) is -3.28. The molecule has 0 unspecified atom stereocenters. The van der Waals surface area contributed by atoms with Crippen molar-refractivity contribution in [3.05, 3.63) is 64.2 Å². The molecule has 4 rings (SSSR count). The molecule has 2 aliphatic heterocycles. The van der Waals surface area contributed by atoms with Crippen molar-refractivity contribution in [3.8, 4) is 0 Å². The quantitative estimate of drug-likeness (QED) is 0.188. The number of nitrogens with zero attached hydrogens (tertiary/aromatic N) is 4. The summed E-state index contributed by atoms with van der Waals surface area (Å²) in [6.45, 7) is 2.47. The van der Waals surface area contributed by atoms with E-state index in [-0.39, 0.29) is 36.5 Å². The fraction of sp³-hybridized carbons (Fsp3) is 0.375. The van der Waals surface area contributed by atoms with Crippen molar-refractivity contribution in [1.29, 1.82) is 10.9 Å². The number of carbonyl (C=O) groups excluding carboxylic acids is 2. The summed E-state index contributed by atoms with van der Waals surface area (Å²) in [4.78, 5) is 28.2. The van der Waals surface area contributed by atoms with Crippen molar-refractivity contribution in [1.82, 2.24) is 9.80 Å². The Morgan fingerprint density at radius 2 is 1.83 bits per heavy atom. The number of esters is 1. The number of amides is 1. The minimum atomic E-state index is -4.57. The second kappa shape index (κ2) is 10.4. The number of rotatable bonds is 8. The van der Waals surface area contributed by atoms with Crippen molar-refractivity contribution < 1.29 is 27.5 Å². The van der Waals surface area contributed by atoms with E-state index in [1.54, 1.807) is 29.2 Å². The van der Waals surface area contributed by atoms with Crippen LogP contribution in [0.25, 0.3) is 0 Å². The molecule has 1 fully saturated rings. The predicted molar refractivity (Wildman–Crippen MR) is 124 cm³/mol. The first kappa shape index (κ1) is 25.3. The zero-order valence-electron chi connectivity index (χ0n) is 19.3. The first-order valence-corrected chi connectivity index (χ1v) is 11.4. The van der Waals surface area contributed by atoms with Crippen molar-refractivity contribution >= 4 is 23.9 Å². The number of fused-ring (bicyclic) bond motifs is 1. The molecule has 9 nitrogen and oxygen atoms in total. The molecule has 12 heteroatoms. The van der Waals surface area contributed by atoms with Crippen molar-refractivity contribution in [2.24, 2.45) is 5.22 Å². The zero-order chi connectivity index (χ0) is 25.9. The van der Waals surface area contributed by atoms with Crippen molar-refractivity contribution in [3.63, 3.8) is 0 Å². The van der Waals surface area contributed by atoms with Crippen LogP contribution in [-0.4, -0.2) is 60.7 Å². The van der Waals surface area contributed by atoms with Crippen LogP contribution in [0.4, 0.5) is 18.9 Å². The number of ether oxygens (including phenoxy) is 1. The van der Waals surface area contributed by atoms with Crippen LogP contribution in [0, 0.1) is 10.9 Å². The number of cyclic esters (lactones) is 1. The van der Waals surface area contributed by atoms with Crippen LogP contribution in [0.15, 0.2) is 41.6 Å². The third-order valence-corrected chi connectivity index (χ3v) is 6.42. The lowest BCUT2D eigenvalue weighted by Crippen LogP contribution is -2.49. The Balaban J connectivity index is 1.31. The Hall–Kier alpha value is -3.80. The molecule has 0 saturated carbocycles. The molecule has 36 heavy (non-hydrogen) atoms. The average Bonchev–Trinajstić information content (AvgIpc) is 3.23. The van der Waals surface area contributed by atoms with Gasteiger partial charge in [-0.2, -0.15) is 18.7 Å². The second-order valence-electron chi connectivity index (χ2n) is 8.63. The maximum atomic E-state index is 13.6. The van der Waals surface area contributed by atoms with Gasteiger partial charge in [0.1, 0.15) is 12.9 Å². The van der Waals surface area contributed by atoms with E-state index in [0.717, 1.165) is 23.0 Å². The van der Waals surface area contributed by atoms with Crippen molar-refractivity contribution in [2.45, 2.75) is 25.6 Å². The number of halogens is 3. The van der Waals surface area contributed by atoms with Crippen molar-refractivity contribution in [2.75, 3.05) is 37.7 Å². The summed E-state index contributed by atoms with van der Waals surface area (Å²) in [5.74, 6) is -0.769. The number of alkyl halides is 3. The lowest BCUT2D eigenvalue weighted by atomic mass is 9.97. The van der Waals surface area contributed by atoms with Gasteiger partial charge in [0, 0.05) is 38.3 Å². The fourth-order valence-electron chi connectivity index (χ4n) is 4.41. The SMILES string of the molecule is N=CN(N=N)c1ccc(CC(=O)N2CCN(CCc3cc4c(cc3C(F)(F)F)C(=O)OC4)CC2)cc1. The van der Waals surface area contributed by atoms with Gasteiger partial charge in [-0.05, 0) is 35.7 Å². The number of hydrogen-bond donors (Lipinski definition) is 2. The van der Waals surface area contributed by atoms with E-state index < -0.39 is 17.7 Å². The molecule has 0 aromatic heterocycles. The van der Waals surface area contributed by atoms with Gasteiger partial charge in [-0.3, -0.25) is 15.1 Å². The summed E-state index contributed by atoms with van der Waals surface area (Å²) < 4.78 is 45.6. The van der Waals surface area contributed by atoms with Crippen LogP contribution >= 0.6 is 0 Å². The number of hydrogen-bond acceptors (Lipinski definition) is 7. The molecular formula is C24H25F3N6O3. The largest absolute Gasteiger partial charge is 0.457 e. The highest BCUT2D eigenvalue weighted by molar-refractivity contribution is 5.93. The van der Waals surface area contributed by atoms with Crippen LogP contribution < -0.4 is 5.01 Å². The molecule has 1 saturated heterocycles. The Kier molecular flexibility index (Phi) is 7.34. The molecule has 2 aliphatic rings. The third kappa shape index (κ3) is 5.54. The number of carbonyl (C=O) groups is 2. The number of piperazine rings is 1. The Morgan fingerprint density at radius 1 is 1.14 bits per heavy atom. The van der Waals surface area contributed by atoms with Gasteiger partial charge in [-0.15, -0.1) is 0 Å². The fourth-order valence-corrected chi connectivity index (χ4v) is 4.41. The third-order valence-electron chi connectivity index (χ3n) is 6.42. The molecule has 0 radical (unpaired) electrons. The zero-order valence-corrected chi connectivity index (χ0v) is 19.3. The Morgan fingerprint density at radius 3 is 2.44 bits per heavy atom. The number of nitrogens with one attached hydrogen (secondary N) is 2. The van der Waals surface area contributed by atoms with E-state index in [4.69, 9.17) is 15.7 Å². The summed E-state index contributed by atoms with van der Waals surface area (Å²) in [5, 5.41) is 11.5. The van der Waals surface area contributed by atoms with Crippen LogP contribution in [-0.2, 0) is 35.2 Å². The van der Waals surface area contributed by atoms with Gasteiger partial charge in [-0.25, -0.2) is 9.80 Å². The standard InChI is InChI=1S/C24H25F3N6O3/c25-24(26,27)21-13-20-18(14-36-23(20)35)12-17(21)5-6-31-7-9-32(10-8-31)22(34)11-16-1-3-19(4-2-16)33(15-28)30-29/h1-4,12-13,15,28-29H,5-11,14H2. The van der Waals surface area contributed by atoms with Gasteiger partial charge < -0.3 is 9.64 Å². The number of benzene rings is 2. The highest BCUT2D eigenvalue weighted by atomic mass is 19.4. The Bertz CT molecular complexity index is 1150. The van der Waals surface area contributed by atoms with Gasteiger partial charge in [0.25, 0.3) is 0 Å². The smallest absolute Gasteiger partial charge is 0.416 e. The molecule has 0 spiro atoms. The van der Waals surface area contributed by atoms with Crippen LogP contribution in [0.2, 0.25) is 0 Å². The highest BCUT2D eigenvalue weighted by Crippen LogP contribution is 2.36. The Labute approximate surface area is 205 Å². The second-order valence-corrected chi connectivity index (χ2v) is 8.63. The first-order valence-electron chi connectivity index (χ1n) is 11.4. The minimum absolute atomic E-state index is 0.0106. The average molecular weight is 502 g/mol. The molecule has 0 bridgehead atoms. The normalized spacial score (nSPS) is 15.9. The minimum Gasteiger partial charge on any atom is -0.457 e. The van der Waals surface area contributed by atoms with E-state index in [0.29, 0.717) is 44.0 Å². The highest BCUT2D eigenvalue weighted by Gasteiger charge is 2.36. The van der Waals surface area contributed by atoms with E-state index in [2.05, 4.69) is 5.22 Å². The molecule has 0 aliphatic carbocycles. The first-order chi connectivity index (χ1) is 17.2. The summed E-state index contributed by atoms with van der Waals surface area (Å²) in [6, 6.07) is 9.18. The van der Waals surface area contributed by atoms with Crippen LogP contribution in [0.5, 0.6) is 0 Å². The predicted octanol–water partition coefficient (Wildman–Crippen LogP) is 3.66. The maximum absolute atomic E-state index is 13.6. The van der Waals surface area contributed by atoms with Gasteiger partial charge >= 0.3 is 12.1 Å². The summed E-state index contributed by atoms with van der Waals surface area (Å²) in [5.41, 5.74) is 8.16. The monoisotopic (exact) mass is 502 g/mol. The lowest BCUT2D eigenvalue weighted by molar-refractivity contribution is -0.138. The molecule has 2 N–H and O–H groups in total. The van der Waals surface area contributed by atoms with Crippen LogP contribution in [0.3, 0.4) is 0 Å². The molecule has 2 aromatic rings. The molecule has 2 heterocycles. The molecule has 2 aromatic carbocycles. The topological polar surface area (TPSA) is 113 Å². The molecule has 0 atom stereocenters. The van der Waals surface area contributed by atoms with Gasteiger partial charge in [0.2, 0.25) is 5.91 Å². The van der Waals surface area contributed by atoms with E-state index in [1.165, 1.54) is 6.07 Å². The lowest BCUT2D eigenvalue weighted by Gasteiger charge is -2.35. The molecule has 1 amide bonds. The van der Waals surface area contributed by atoms with E-state index >= 15 is 0 Å². The molecular weight excluding hydrogens is 477 g/mol. The summed E-state index contributed by atoms with van der Waals surface area (Å²) >= 11 is 0.